The maximum Gasteiger partial charge on any atom is 0.350 e. The number of benzene rings is 1. The first-order chi connectivity index (χ1) is 10.3. The summed E-state index contributed by atoms with van der Waals surface area (Å²) in [5.41, 5.74) is 1.19. The summed E-state index contributed by atoms with van der Waals surface area (Å²) in [6, 6.07) is 10.1. The minimum atomic E-state index is -0.303. The largest absolute Gasteiger partial charge is 0.459 e. The molecule has 0 N–H and O–H groups in total. The van der Waals surface area contributed by atoms with Gasteiger partial charge in [-0.1, -0.05) is 30.3 Å². The van der Waals surface area contributed by atoms with E-state index < -0.39 is 0 Å². The van der Waals surface area contributed by atoms with E-state index in [9.17, 15) is 4.79 Å². The third kappa shape index (κ3) is 3.89. The van der Waals surface area contributed by atoms with Crippen LogP contribution in [0.4, 0.5) is 0 Å². The van der Waals surface area contributed by atoms with Crippen LogP contribution >= 0.6 is 11.3 Å². The van der Waals surface area contributed by atoms with Gasteiger partial charge in [-0.25, -0.2) is 9.78 Å². The van der Waals surface area contributed by atoms with E-state index in [0.717, 1.165) is 30.9 Å². The van der Waals surface area contributed by atoms with Crippen molar-refractivity contribution in [1.82, 2.24) is 4.98 Å². The summed E-state index contributed by atoms with van der Waals surface area (Å²) in [6.45, 7) is 1.11. The molecule has 1 saturated heterocycles. The summed E-state index contributed by atoms with van der Waals surface area (Å²) in [5, 5.41) is 0.922. The van der Waals surface area contributed by atoms with Crippen LogP contribution in [0.25, 0.3) is 0 Å². The van der Waals surface area contributed by atoms with Gasteiger partial charge in [0.05, 0.1) is 17.3 Å². The first-order valence-corrected chi connectivity index (χ1v) is 7.90. The van der Waals surface area contributed by atoms with Crippen molar-refractivity contribution in [2.75, 3.05) is 13.2 Å². The topological polar surface area (TPSA) is 48.4 Å². The zero-order valence-corrected chi connectivity index (χ0v) is 12.5. The van der Waals surface area contributed by atoms with Crippen LogP contribution < -0.4 is 0 Å². The Labute approximate surface area is 127 Å². The highest BCUT2D eigenvalue weighted by Crippen LogP contribution is 2.19. The lowest BCUT2D eigenvalue weighted by atomic mass is 10.2. The van der Waals surface area contributed by atoms with Gasteiger partial charge in [-0.15, -0.1) is 11.3 Å². The molecule has 1 fully saturated rings. The van der Waals surface area contributed by atoms with E-state index in [0.29, 0.717) is 11.5 Å². The van der Waals surface area contributed by atoms with Crippen molar-refractivity contribution in [3.63, 3.8) is 0 Å². The monoisotopic (exact) mass is 303 g/mol. The van der Waals surface area contributed by atoms with E-state index >= 15 is 0 Å². The second-order valence-corrected chi connectivity index (χ2v) is 6.13. The Hall–Kier alpha value is -1.72. The molecule has 1 atom stereocenters. The molecule has 2 heterocycles. The molecule has 0 radical (unpaired) electrons. The van der Waals surface area contributed by atoms with Crippen molar-refractivity contribution >= 4 is 17.3 Å². The van der Waals surface area contributed by atoms with Crippen molar-refractivity contribution in [1.29, 1.82) is 0 Å². The summed E-state index contributed by atoms with van der Waals surface area (Å²) < 4.78 is 10.7. The molecular formula is C16H17NO3S. The smallest absolute Gasteiger partial charge is 0.350 e. The number of nitrogens with zero attached hydrogens (tertiary/aromatic N) is 1. The van der Waals surface area contributed by atoms with Gasteiger partial charge >= 0.3 is 5.97 Å². The molecule has 21 heavy (non-hydrogen) atoms. The zero-order chi connectivity index (χ0) is 14.5. The van der Waals surface area contributed by atoms with Gasteiger partial charge in [-0.2, -0.15) is 0 Å². The Morgan fingerprint density at radius 3 is 3.00 bits per heavy atom. The van der Waals surface area contributed by atoms with E-state index in [4.69, 9.17) is 9.47 Å². The molecule has 110 valence electrons. The van der Waals surface area contributed by atoms with E-state index in [1.165, 1.54) is 16.9 Å². The fraction of sp³-hybridized carbons (Fsp3) is 0.375. The second kappa shape index (κ2) is 6.83. The first kappa shape index (κ1) is 14.2. The highest BCUT2D eigenvalue weighted by Gasteiger charge is 2.19. The zero-order valence-electron chi connectivity index (χ0n) is 11.7. The standard InChI is InChI=1S/C16H17NO3S/c18-16(20-11-13-7-4-8-19-13)14-10-17-15(21-14)9-12-5-2-1-3-6-12/h1-3,5-6,10,13H,4,7-9,11H2/t13-/m1/s1. The van der Waals surface area contributed by atoms with Crippen LogP contribution in [0.1, 0.15) is 33.1 Å². The van der Waals surface area contributed by atoms with Crippen molar-refractivity contribution in [3.8, 4) is 0 Å². The molecule has 1 aromatic heterocycles. The second-order valence-electron chi connectivity index (χ2n) is 5.01. The van der Waals surface area contributed by atoms with Crippen LogP contribution in [0.5, 0.6) is 0 Å². The van der Waals surface area contributed by atoms with Crippen LogP contribution in [-0.2, 0) is 15.9 Å². The predicted octanol–water partition coefficient (Wildman–Crippen LogP) is 3.07. The molecule has 0 saturated carbocycles. The van der Waals surface area contributed by atoms with Gasteiger partial charge in [0, 0.05) is 13.0 Å². The van der Waals surface area contributed by atoms with Crippen LogP contribution in [0, 0.1) is 0 Å². The molecule has 0 bridgehead atoms. The lowest BCUT2D eigenvalue weighted by Gasteiger charge is -2.08. The van der Waals surface area contributed by atoms with E-state index in [1.54, 1.807) is 6.20 Å². The van der Waals surface area contributed by atoms with E-state index in [1.807, 2.05) is 18.2 Å². The molecule has 0 unspecified atom stereocenters. The number of rotatable bonds is 5. The van der Waals surface area contributed by atoms with Crippen molar-refractivity contribution in [2.45, 2.75) is 25.4 Å². The molecule has 0 spiro atoms. The summed E-state index contributed by atoms with van der Waals surface area (Å²) in [6.07, 6.45) is 4.41. The molecule has 0 aliphatic carbocycles. The van der Waals surface area contributed by atoms with Gasteiger partial charge in [0.2, 0.25) is 0 Å². The number of carbonyl (C=O) groups is 1. The Bertz CT molecular complexity index is 591. The number of thiazole rings is 1. The summed E-state index contributed by atoms with van der Waals surface area (Å²) in [4.78, 5) is 16.8. The van der Waals surface area contributed by atoms with Crippen LogP contribution in [0.3, 0.4) is 0 Å². The fourth-order valence-corrected chi connectivity index (χ4v) is 3.12. The normalized spacial score (nSPS) is 17.8. The number of hydrogen-bond donors (Lipinski definition) is 0. The highest BCUT2D eigenvalue weighted by molar-refractivity contribution is 7.13. The van der Waals surface area contributed by atoms with Gasteiger partial charge in [-0.3, -0.25) is 0 Å². The quantitative estimate of drug-likeness (QED) is 0.797. The lowest BCUT2D eigenvalue weighted by Crippen LogP contribution is -2.17. The number of ether oxygens (including phenoxy) is 2. The molecule has 1 aliphatic heterocycles. The molecule has 1 aromatic carbocycles. The summed E-state index contributed by atoms with van der Waals surface area (Å²) >= 11 is 1.39. The fourth-order valence-electron chi connectivity index (χ4n) is 2.27. The highest BCUT2D eigenvalue weighted by atomic mass is 32.1. The maximum absolute atomic E-state index is 12.0. The minimum absolute atomic E-state index is 0.0608. The molecule has 5 heteroatoms. The molecule has 2 aromatic rings. The molecule has 3 rings (SSSR count). The van der Waals surface area contributed by atoms with Crippen LogP contribution in [-0.4, -0.2) is 30.3 Å². The lowest BCUT2D eigenvalue weighted by molar-refractivity contribution is 0.0165. The molecule has 4 nitrogen and oxygen atoms in total. The average Bonchev–Trinajstić information content (AvgIpc) is 3.17. The maximum atomic E-state index is 12.0. The third-order valence-electron chi connectivity index (χ3n) is 3.38. The first-order valence-electron chi connectivity index (χ1n) is 7.08. The number of aromatic nitrogens is 1. The van der Waals surface area contributed by atoms with Gasteiger partial charge in [0.15, 0.2) is 0 Å². The van der Waals surface area contributed by atoms with Crippen molar-refractivity contribution in [3.05, 3.63) is 52.0 Å². The SMILES string of the molecule is O=C(OC[C@H]1CCCO1)c1cnc(Cc2ccccc2)s1. The molecule has 0 amide bonds. The minimum Gasteiger partial charge on any atom is -0.459 e. The van der Waals surface area contributed by atoms with E-state index in [2.05, 4.69) is 17.1 Å². The Morgan fingerprint density at radius 1 is 1.38 bits per heavy atom. The average molecular weight is 303 g/mol. The van der Waals surface area contributed by atoms with Gasteiger partial charge in [-0.05, 0) is 18.4 Å². The molecule has 1 aliphatic rings. The van der Waals surface area contributed by atoms with E-state index in [-0.39, 0.29) is 12.1 Å². The summed E-state index contributed by atoms with van der Waals surface area (Å²) in [7, 11) is 0. The van der Waals surface area contributed by atoms with Crippen LogP contribution in [0.2, 0.25) is 0 Å². The number of hydrogen-bond acceptors (Lipinski definition) is 5. The summed E-state index contributed by atoms with van der Waals surface area (Å²) in [5.74, 6) is -0.303. The third-order valence-corrected chi connectivity index (χ3v) is 4.35. The van der Waals surface area contributed by atoms with Gasteiger partial charge in [0.25, 0.3) is 0 Å². The number of carbonyl (C=O) groups excluding carboxylic acids is 1. The Morgan fingerprint density at radius 2 is 2.24 bits per heavy atom. The van der Waals surface area contributed by atoms with Crippen molar-refractivity contribution in [2.24, 2.45) is 0 Å². The molecular weight excluding hydrogens is 286 g/mol. The van der Waals surface area contributed by atoms with Crippen molar-refractivity contribution < 1.29 is 14.3 Å². The van der Waals surface area contributed by atoms with Gasteiger partial charge in [0.1, 0.15) is 11.5 Å². The number of esters is 1. The Kier molecular flexibility index (Phi) is 4.62. The predicted molar refractivity (Wildman–Crippen MR) is 80.6 cm³/mol. The van der Waals surface area contributed by atoms with Gasteiger partial charge < -0.3 is 9.47 Å². The Balaban J connectivity index is 1.55. The van der Waals surface area contributed by atoms with Crippen LogP contribution in [0.15, 0.2) is 36.5 Å².